The molecular formula is C17H16ClFN2O2. The topological polar surface area (TPSA) is 41.6 Å². The molecule has 0 saturated carbocycles. The van der Waals surface area contributed by atoms with Gasteiger partial charge in [0.1, 0.15) is 5.82 Å². The first-order chi connectivity index (χ1) is 11.1. The first-order valence-electron chi connectivity index (χ1n) is 7.33. The zero-order valence-corrected chi connectivity index (χ0v) is 13.1. The Bertz CT molecular complexity index is 717. The van der Waals surface area contributed by atoms with Gasteiger partial charge in [-0.2, -0.15) is 0 Å². The van der Waals surface area contributed by atoms with Crippen molar-refractivity contribution in [1.82, 2.24) is 0 Å². The highest BCUT2D eigenvalue weighted by Gasteiger charge is 2.17. The summed E-state index contributed by atoms with van der Waals surface area (Å²) in [5.74, 6) is -0.837. The Morgan fingerprint density at radius 3 is 2.65 bits per heavy atom. The summed E-state index contributed by atoms with van der Waals surface area (Å²) >= 11 is 5.95. The molecule has 23 heavy (non-hydrogen) atoms. The van der Waals surface area contributed by atoms with Crippen molar-refractivity contribution in [2.75, 3.05) is 36.5 Å². The van der Waals surface area contributed by atoms with Crippen LogP contribution in [0.25, 0.3) is 0 Å². The number of rotatable bonds is 3. The predicted octanol–water partition coefficient (Wildman–Crippen LogP) is 3.57. The SMILES string of the molecule is O=C(Nc1ccccc1N1CCOCC1)c1ccc(F)cc1Cl. The molecule has 3 rings (SSSR count). The van der Waals surface area contributed by atoms with Gasteiger partial charge in [-0.05, 0) is 30.3 Å². The molecule has 6 heteroatoms. The second-order valence-corrected chi connectivity index (χ2v) is 5.60. The monoisotopic (exact) mass is 334 g/mol. The summed E-state index contributed by atoms with van der Waals surface area (Å²) in [5.41, 5.74) is 1.87. The van der Waals surface area contributed by atoms with E-state index in [9.17, 15) is 9.18 Å². The highest BCUT2D eigenvalue weighted by Crippen LogP contribution is 2.27. The maximum absolute atomic E-state index is 13.1. The second kappa shape index (κ2) is 6.98. The lowest BCUT2D eigenvalue weighted by molar-refractivity contribution is 0.102. The normalized spacial score (nSPS) is 14.6. The molecule has 1 N–H and O–H groups in total. The zero-order chi connectivity index (χ0) is 16.2. The standard InChI is InChI=1S/C17H16ClFN2O2/c18-14-11-12(19)5-6-13(14)17(22)20-15-3-1-2-4-16(15)21-7-9-23-10-8-21/h1-6,11H,7-10H2,(H,20,22). The summed E-state index contributed by atoms with van der Waals surface area (Å²) in [4.78, 5) is 14.6. The van der Waals surface area contributed by atoms with Crippen LogP contribution in [0.15, 0.2) is 42.5 Å². The molecule has 0 aromatic heterocycles. The van der Waals surface area contributed by atoms with E-state index in [0.717, 1.165) is 24.8 Å². The lowest BCUT2D eigenvalue weighted by Gasteiger charge is -2.30. The minimum absolute atomic E-state index is 0.0892. The molecule has 2 aromatic rings. The number of amides is 1. The average molecular weight is 335 g/mol. The Kier molecular flexibility index (Phi) is 4.79. The van der Waals surface area contributed by atoms with Gasteiger partial charge in [0.05, 0.1) is 35.2 Å². The molecule has 1 amide bonds. The van der Waals surface area contributed by atoms with E-state index < -0.39 is 5.82 Å². The van der Waals surface area contributed by atoms with Gasteiger partial charge in [-0.1, -0.05) is 23.7 Å². The number of ether oxygens (including phenoxy) is 1. The summed E-state index contributed by atoms with van der Waals surface area (Å²) in [7, 11) is 0. The fourth-order valence-corrected chi connectivity index (χ4v) is 2.78. The minimum Gasteiger partial charge on any atom is -0.378 e. The zero-order valence-electron chi connectivity index (χ0n) is 12.4. The third-order valence-electron chi connectivity index (χ3n) is 3.68. The van der Waals surface area contributed by atoms with Crippen molar-refractivity contribution in [3.63, 3.8) is 0 Å². The van der Waals surface area contributed by atoms with Gasteiger partial charge < -0.3 is 15.0 Å². The summed E-state index contributed by atoms with van der Waals surface area (Å²) < 4.78 is 18.5. The number of benzene rings is 2. The van der Waals surface area contributed by atoms with Crippen molar-refractivity contribution in [3.8, 4) is 0 Å². The number of morpholine rings is 1. The van der Waals surface area contributed by atoms with E-state index in [4.69, 9.17) is 16.3 Å². The van der Waals surface area contributed by atoms with E-state index in [1.54, 1.807) is 0 Å². The molecule has 1 saturated heterocycles. The first kappa shape index (κ1) is 15.8. The van der Waals surface area contributed by atoms with Crippen LogP contribution in [0.2, 0.25) is 5.02 Å². The average Bonchev–Trinajstić information content (AvgIpc) is 2.56. The van der Waals surface area contributed by atoms with Crippen LogP contribution in [-0.2, 0) is 4.74 Å². The second-order valence-electron chi connectivity index (χ2n) is 5.19. The number of hydrogen-bond acceptors (Lipinski definition) is 3. The van der Waals surface area contributed by atoms with Crippen LogP contribution in [-0.4, -0.2) is 32.2 Å². The van der Waals surface area contributed by atoms with Gasteiger partial charge in [0.15, 0.2) is 0 Å². The summed E-state index contributed by atoms with van der Waals surface area (Å²) in [5, 5.41) is 2.95. The molecule has 1 heterocycles. The number of para-hydroxylation sites is 2. The van der Waals surface area contributed by atoms with Crippen LogP contribution in [0.5, 0.6) is 0 Å². The fraction of sp³-hybridized carbons (Fsp3) is 0.235. The number of nitrogens with one attached hydrogen (secondary N) is 1. The Labute approximate surface area is 138 Å². The van der Waals surface area contributed by atoms with Crippen LogP contribution in [0, 0.1) is 5.82 Å². The van der Waals surface area contributed by atoms with Gasteiger partial charge >= 0.3 is 0 Å². The largest absolute Gasteiger partial charge is 0.378 e. The molecule has 0 unspecified atom stereocenters. The number of carbonyl (C=O) groups excluding carboxylic acids is 1. The van der Waals surface area contributed by atoms with Crippen LogP contribution in [0.1, 0.15) is 10.4 Å². The van der Waals surface area contributed by atoms with E-state index in [-0.39, 0.29) is 16.5 Å². The maximum atomic E-state index is 13.1. The van der Waals surface area contributed by atoms with Gasteiger partial charge in [0, 0.05) is 13.1 Å². The molecule has 4 nitrogen and oxygen atoms in total. The van der Waals surface area contributed by atoms with Crippen LogP contribution in [0.4, 0.5) is 15.8 Å². The summed E-state index contributed by atoms with van der Waals surface area (Å²) in [6.07, 6.45) is 0. The number of hydrogen-bond donors (Lipinski definition) is 1. The van der Waals surface area contributed by atoms with E-state index in [2.05, 4.69) is 10.2 Å². The van der Waals surface area contributed by atoms with Gasteiger partial charge in [0.25, 0.3) is 5.91 Å². The molecule has 0 spiro atoms. The molecule has 1 aliphatic heterocycles. The first-order valence-corrected chi connectivity index (χ1v) is 7.71. The summed E-state index contributed by atoms with van der Waals surface area (Å²) in [6, 6.07) is 11.3. The third-order valence-corrected chi connectivity index (χ3v) is 3.99. The number of nitrogens with zero attached hydrogens (tertiary/aromatic N) is 1. The molecular weight excluding hydrogens is 319 g/mol. The third kappa shape index (κ3) is 3.63. The van der Waals surface area contributed by atoms with E-state index in [1.807, 2.05) is 24.3 Å². The maximum Gasteiger partial charge on any atom is 0.257 e. The Morgan fingerprint density at radius 2 is 1.91 bits per heavy atom. The summed E-state index contributed by atoms with van der Waals surface area (Å²) in [6.45, 7) is 2.85. The molecule has 1 fully saturated rings. The lowest BCUT2D eigenvalue weighted by atomic mass is 10.2. The van der Waals surface area contributed by atoms with Crippen molar-refractivity contribution in [2.24, 2.45) is 0 Å². The number of halogens is 2. The van der Waals surface area contributed by atoms with Crippen molar-refractivity contribution < 1.29 is 13.9 Å². The molecule has 0 aliphatic carbocycles. The highest BCUT2D eigenvalue weighted by atomic mass is 35.5. The van der Waals surface area contributed by atoms with Crippen molar-refractivity contribution in [3.05, 3.63) is 58.9 Å². The van der Waals surface area contributed by atoms with Crippen LogP contribution in [0.3, 0.4) is 0 Å². The molecule has 120 valence electrons. The Balaban J connectivity index is 1.83. The van der Waals surface area contributed by atoms with E-state index in [0.29, 0.717) is 18.9 Å². The van der Waals surface area contributed by atoms with E-state index >= 15 is 0 Å². The van der Waals surface area contributed by atoms with Gasteiger partial charge in [-0.3, -0.25) is 4.79 Å². The van der Waals surface area contributed by atoms with E-state index in [1.165, 1.54) is 12.1 Å². The van der Waals surface area contributed by atoms with Gasteiger partial charge in [-0.25, -0.2) is 4.39 Å². The van der Waals surface area contributed by atoms with Crippen LogP contribution >= 0.6 is 11.6 Å². The van der Waals surface area contributed by atoms with Crippen molar-refractivity contribution in [1.29, 1.82) is 0 Å². The Hall–Kier alpha value is -2.11. The molecule has 1 aliphatic rings. The van der Waals surface area contributed by atoms with Gasteiger partial charge in [0.2, 0.25) is 0 Å². The van der Waals surface area contributed by atoms with Crippen molar-refractivity contribution >= 4 is 28.9 Å². The predicted molar refractivity (Wildman–Crippen MR) is 88.8 cm³/mol. The minimum atomic E-state index is -0.472. The highest BCUT2D eigenvalue weighted by molar-refractivity contribution is 6.34. The Morgan fingerprint density at radius 1 is 1.17 bits per heavy atom. The number of carbonyl (C=O) groups is 1. The molecule has 0 radical (unpaired) electrons. The van der Waals surface area contributed by atoms with Crippen LogP contribution < -0.4 is 10.2 Å². The van der Waals surface area contributed by atoms with Crippen molar-refractivity contribution in [2.45, 2.75) is 0 Å². The number of anilines is 2. The van der Waals surface area contributed by atoms with Gasteiger partial charge in [-0.15, -0.1) is 0 Å². The molecule has 0 atom stereocenters. The quantitative estimate of drug-likeness (QED) is 0.933. The fourth-order valence-electron chi connectivity index (χ4n) is 2.52. The molecule has 0 bridgehead atoms. The molecule has 2 aromatic carbocycles. The lowest BCUT2D eigenvalue weighted by Crippen LogP contribution is -2.36. The smallest absolute Gasteiger partial charge is 0.257 e.